The molecule has 124 valence electrons. The molecular weight excluding hydrogens is 300 g/mol. The predicted octanol–water partition coefficient (Wildman–Crippen LogP) is 3.68. The first kappa shape index (κ1) is 16.2. The van der Waals surface area contributed by atoms with Crippen molar-refractivity contribution in [3.63, 3.8) is 0 Å². The van der Waals surface area contributed by atoms with E-state index in [-0.39, 0.29) is 11.8 Å². The summed E-state index contributed by atoms with van der Waals surface area (Å²) in [4.78, 5) is 26.1. The Morgan fingerprint density at radius 2 is 1.88 bits per heavy atom. The molecule has 1 N–H and O–H groups in total. The van der Waals surface area contributed by atoms with Gasteiger partial charge in [0.25, 0.3) is 5.91 Å². The van der Waals surface area contributed by atoms with E-state index in [2.05, 4.69) is 11.4 Å². The number of aryl methyl sites for hydroxylation is 2. The molecule has 1 fully saturated rings. The average molecular weight is 322 g/mol. The third-order valence-corrected chi connectivity index (χ3v) is 4.21. The molecule has 0 spiro atoms. The lowest BCUT2D eigenvalue weighted by atomic mass is 10.1. The van der Waals surface area contributed by atoms with Gasteiger partial charge in [0.1, 0.15) is 0 Å². The number of hydrogen-bond donors (Lipinski definition) is 1. The second-order valence-electron chi connectivity index (χ2n) is 6.45. The molecule has 24 heavy (non-hydrogen) atoms. The van der Waals surface area contributed by atoms with E-state index in [1.54, 1.807) is 6.07 Å². The van der Waals surface area contributed by atoms with Gasteiger partial charge >= 0.3 is 0 Å². The maximum atomic E-state index is 12.5. The molecule has 0 aromatic heterocycles. The molecule has 1 heterocycles. The molecule has 1 aliphatic heterocycles. The molecule has 0 bridgehead atoms. The van der Waals surface area contributed by atoms with Crippen LogP contribution in [0.5, 0.6) is 0 Å². The average Bonchev–Trinajstić information content (AvgIpc) is 2.91. The van der Waals surface area contributed by atoms with Crippen LogP contribution in [0.15, 0.2) is 42.5 Å². The zero-order valence-electron chi connectivity index (χ0n) is 14.1. The van der Waals surface area contributed by atoms with E-state index in [1.807, 2.05) is 49.1 Å². The summed E-state index contributed by atoms with van der Waals surface area (Å²) in [6.07, 6.45) is 1.55. The summed E-state index contributed by atoms with van der Waals surface area (Å²) in [5.74, 6) is 0.0645. The monoisotopic (exact) mass is 322 g/mol. The maximum Gasteiger partial charge on any atom is 0.255 e. The fraction of sp³-hybridized carbons (Fsp3) is 0.300. The smallest absolute Gasteiger partial charge is 0.255 e. The van der Waals surface area contributed by atoms with Gasteiger partial charge in [-0.3, -0.25) is 9.59 Å². The minimum Gasteiger partial charge on any atom is -0.338 e. The Balaban J connectivity index is 1.73. The number of rotatable bonds is 4. The van der Waals surface area contributed by atoms with Gasteiger partial charge in [0, 0.05) is 30.8 Å². The topological polar surface area (TPSA) is 49.4 Å². The first-order valence-electron chi connectivity index (χ1n) is 8.27. The van der Waals surface area contributed by atoms with Crippen molar-refractivity contribution in [3.8, 4) is 0 Å². The van der Waals surface area contributed by atoms with Crippen molar-refractivity contribution in [1.82, 2.24) is 4.90 Å². The molecule has 1 aliphatic rings. The normalized spacial score (nSPS) is 14.1. The quantitative estimate of drug-likeness (QED) is 0.933. The van der Waals surface area contributed by atoms with Crippen molar-refractivity contribution in [2.75, 3.05) is 11.9 Å². The van der Waals surface area contributed by atoms with Crippen LogP contribution in [0.2, 0.25) is 0 Å². The molecule has 4 nitrogen and oxygen atoms in total. The van der Waals surface area contributed by atoms with Gasteiger partial charge in [0.15, 0.2) is 0 Å². The summed E-state index contributed by atoms with van der Waals surface area (Å²) >= 11 is 0. The van der Waals surface area contributed by atoms with E-state index >= 15 is 0 Å². The Hall–Kier alpha value is -2.62. The molecule has 2 aromatic rings. The second-order valence-corrected chi connectivity index (χ2v) is 6.45. The van der Waals surface area contributed by atoms with Crippen LogP contribution in [-0.4, -0.2) is 23.3 Å². The zero-order valence-corrected chi connectivity index (χ0v) is 14.1. The minimum absolute atomic E-state index is 0.130. The molecule has 0 aliphatic carbocycles. The first-order chi connectivity index (χ1) is 11.5. The zero-order chi connectivity index (χ0) is 17.1. The van der Waals surface area contributed by atoms with Crippen LogP contribution in [0.1, 0.15) is 39.9 Å². The number of nitrogens with one attached hydrogen (secondary N) is 1. The number of amides is 2. The molecule has 2 aromatic carbocycles. The third kappa shape index (κ3) is 3.82. The summed E-state index contributed by atoms with van der Waals surface area (Å²) < 4.78 is 0. The van der Waals surface area contributed by atoms with Gasteiger partial charge in [0.2, 0.25) is 5.91 Å². The lowest BCUT2D eigenvalue weighted by Gasteiger charge is -2.16. The second kappa shape index (κ2) is 6.87. The largest absolute Gasteiger partial charge is 0.338 e. The van der Waals surface area contributed by atoms with Crippen LogP contribution in [0.4, 0.5) is 5.69 Å². The van der Waals surface area contributed by atoms with Crippen LogP contribution >= 0.6 is 0 Å². The lowest BCUT2D eigenvalue weighted by Crippen LogP contribution is -2.24. The Bertz CT molecular complexity index is 763. The van der Waals surface area contributed by atoms with Gasteiger partial charge in [-0.05, 0) is 61.2 Å². The van der Waals surface area contributed by atoms with Gasteiger partial charge < -0.3 is 10.2 Å². The van der Waals surface area contributed by atoms with Crippen LogP contribution in [0, 0.1) is 13.8 Å². The SMILES string of the molecule is Cc1cc(C)cc(NC(=O)c2cccc(CN3CCCC3=O)c2)c1. The maximum absolute atomic E-state index is 12.5. The lowest BCUT2D eigenvalue weighted by molar-refractivity contribution is -0.128. The fourth-order valence-corrected chi connectivity index (χ4v) is 3.15. The summed E-state index contributed by atoms with van der Waals surface area (Å²) in [5.41, 5.74) is 4.63. The number of carbonyl (C=O) groups is 2. The van der Waals surface area contributed by atoms with E-state index in [0.717, 1.165) is 35.3 Å². The van der Waals surface area contributed by atoms with Gasteiger partial charge in [-0.2, -0.15) is 0 Å². The first-order valence-corrected chi connectivity index (χ1v) is 8.27. The minimum atomic E-state index is -0.130. The highest BCUT2D eigenvalue weighted by Crippen LogP contribution is 2.17. The number of likely N-dealkylation sites (tertiary alicyclic amines) is 1. The molecule has 3 rings (SSSR count). The molecule has 4 heteroatoms. The predicted molar refractivity (Wildman–Crippen MR) is 95.0 cm³/mol. The number of hydrogen-bond acceptors (Lipinski definition) is 2. The number of benzene rings is 2. The van der Waals surface area contributed by atoms with Crippen molar-refractivity contribution in [2.45, 2.75) is 33.2 Å². The van der Waals surface area contributed by atoms with E-state index in [1.165, 1.54) is 0 Å². The molecule has 2 amide bonds. The van der Waals surface area contributed by atoms with E-state index in [4.69, 9.17) is 0 Å². The highest BCUT2D eigenvalue weighted by atomic mass is 16.2. The summed E-state index contributed by atoms with van der Waals surface area (Å²) in [5, 5.41) is 2.95. The molecule has 1 saturated heterocycles. The van der Waals surface area contributed by atoms with Gasteiger partial charge in [-0.15, -0.1) is 0 Å². The highest BCUT2D eigenvalue weighted by Gasteiger charge is 2.20. The Labute approximate surface area is 142 Å². The number of anilines is 1. The molecule has 0 saturated carbocycles. The van der Waals surface area contributed by atoms with E-state index in [9.17, 15) is 9.59 Å². The molecule has 0 radical (unpaired) electrons. The van der Waals surface area contributed by atoms with Crippen LogP contribution in [0.25, 0.3) is 0 Å². The van der Waals surface area contributed by atoms with Crippen molar-refractivity contribution < 1.29 is 9.59 Å². The van der Waals surface area contributed by atoms with E-state index in [0.29, 0.717) is 18.5 Å². The standard InChI is InChI=1S/C20H22N2O2/c1-14-9-15(2)11-18(10-14)21-20(24)17-6-3-5-16(12-17)13-22-8-4-7-19(22)23/h3,5-6,9-12H,4,7-8,13H2,1-2H3,(H,21,24). The van der Waals surface area contributed by atoms with Gasteiger partial charge in [-0.1, -0.05) is 18.2 Å². The fourth-order valence-electron chi connectivity index (χ4n) is 3.15. The third-order valence-electron chi connectivity index (χ3n) is 4.21. The van der Waals surface area contributed by atoms with Crippen LogP contribution in [0.3, 0.4) is 0 Å². The van der Waals surface area contributed by atoms with Crippen molar-refractivity contribution in [3.05, 3.63) is 64.7 Å². The van der Waals surface area contributed by atoms with Crippen molar-refractivity contribution in [1.29, 1.82) is 0 Å². The van der Waals surface area contributed by atoms with E-state index < -0.39 is 0 Å². The Morgan fingerprint density at radius 3 is 2.54 bits per heavy atom. The number of nitrogens with zero attached hydrogens (tertiary/aromatic N) is 1. The Kier molecular flexibility index (Phi) is 4.65. The summed E-state index contributed by atoms with van der Waals surface area (Å²) in [6.45, 7) is 5.40. The summed E-state index contributed by atoms with van der Waals surface area (Å²) in [6, 6.07) is 13.5. The van der Waals surface area contributed by atoms with Crippen molar-refractivity contribution >= 4 is 17.5 Å². The number of carbonyl (C=O) groups excluding carboxylic acids is 2. The van der Waals surface area contributed by atoms with Gasteiger partial charge in [-0.25, -0.2) is 0 Å². The summed E-state index contributed by atoms with van der Waals surface area (Å²) in [7, 11) is 0. The molecular formula is C20H22N2O2. The highest BCUT2D eigenvalue weighted by molar-refractivity contribution is 6.04. The molecule has 0 unspecified atom stereocenters. The molecule has 0 atom stereocenters. The van der Waals surface area contributed by atoms with Crippen LogP contribution in [-0.2, 0) is 11.3 Å². The van der Waals surface area contributed by atoms with Crippen molar-refractivity contribution in [2.24, 2.45) is 0 Å². The van der Waals surface area contributed by atoms with Gasteiger partial charge in [0.05, 0.1) is 0 Å². The van der Waals surface area contributed by atoms with Crippen LogP contribution < -0.4 is 5.32 Å². The Morgan fingerprint density at radius 1 is 1.12 bits per heavy atom.